The van der Waals surface area contributed by atoms with Crippen molar-refractivity contribution in [3.05, 3.63) is 71.3 Å². The quantitative estimate of drug-likeness (QED) is 0.577. The summed E-state index contributed by atoms with van der Waals surface area (Å²) in [5, 5.41) is 6.96. The fraction of sp³-hybridized carbons (Fsp3) is 0.455. The largest absolute Gasteiger partial charge is 0.312 e. The van der Waals surface area contributed by atoms with E-state index in [0.29, 0.717) is 11.8 Å². The molecule has 2 aromatic rings. The molecule has 0 aromatic heterocycles. The van der Waals surface area contributed by atoms with Gasteiger partial charge in [-0.2, -0.15) is 0 Å². The maximum Gasteiger partial charge on any atom is 0.123 e. The highest BCUT2D eigenvalue weighted by atomic mass is 35.5. The normalized spacial score (nSPS) is 18.8. The van der Waals surface area contributed by atoms with Crippen LogP contribution in [0.5, 0.6) is 0 Å². The van der Waals surface area contributed by atoms with E-state index in [-0.39, 0.29) is 36.4 Å². The maximum atomic E-state index is 13.2. The lowest BCUT2D eigenvalue weighted by atomic mass is 9.81. The number of rotatable bonds is 8. The van der Waals surface area contributed by atoms with Crippen molar-refractivity contribution in [2.75, 3.05) is 13.1 Å². The zero-order valence-electron chi connectivity index (χ0n) is 16.0. The number of hydrogen-bond donors (Lipinski definition) is 2. The van der Waals surface area contributed by atoms with E-state index in [2.05, 4.69) is 10.6 Å². The van der Waals surface area contributed by atoms with Crippen LogP contribution >= 0.6 is 24.8 Å². The van der Waals surface area contributed by atoms with Crippen LogP contribution in [0.2, 0.25) is 0 Å². The van der Waals surface area contributed by atoms with Crippen LogP contribution in [0.3, 0.4) is 0 Å². The summed E-state index contributed by atoms with van der Waals surface area (Å²) in [4.78, 5) is 0. The Morgan fingerprint density at radius 2 is 1.21 bits per heavy atom. The van der Waals surface area contributed by atoms with Gasteiger partial charge in [0.1, 0.15) is 11.6 Å². The summed E-state index contributed by atoms with van der Waals surface area (Å²) in [6, 6.07) is 13.6. The molecule has 1 aliphatic rings. The van der Waals surface area contributed by atoms with Crippen molar-refractivity contribution in [1.82, 2.24) is 10.6 Å². The van der Waals surface area contributed by atoms with Crippen molar-refractivity contribution >= 4 is 24.8 Å². The minimum atomic E-state index is -0.175. The first-order chi connectivity index (χ1) is 12.7. The Labute approximate surface area is 179 Å². The molecule has 1 fully saturated rings. The molecule has 156 valence electrons. The van der Waals surface area contributed by atoms with Gasteiger partial charge in [0, 0.05) is 13.1 Å². The van der Waals surface area contributed by atoms with Gasteiger partial charge in [0.05, 0.1) is 0 Å². The van der Waals surface area contributed by atoms with Crippen LogP contribution in [0.4, 0.5) is 8.78 Å². The zero-order valence-corrected chi connectivity index (χ0v) is 17.6. The molecular formula is C22H30Cl2F2N2. The number of hydrogen-bond acceptors (Lipinski definition) is 2. The molecule has 2 N–H and O–H groups in total. The van der Waals surface area contributed by atoms with Gasteiger partial charge in [-0.05, 0) is 79.6 Å². The molecule has 1 saturated carbocycles. The lowest BCUT2D eigenvalue weighted by Crippen LogP contribution is -2.31. The first kappa shape index (κ1) is 24.8. The number of nitrogens with one attached hydrogen (secondary N) is 2. The van der Waals surface area contributed by atoms with Gasteiger partial charge in [0.15, 0.2) is 0 Å². The van der Waals surface area contributed by atoms with Crippen molar-refractivity contribution in [3.8, 4) is 0 Å². The number of benzene rings is 2. The Morgan fingerprint density at radius 3 is 1.64 bits per heavy atom. The molecule has 1 aliphatic carbocycles. The minimum Gasteiger partial charge on any atom is -0.312 e. The first-order valence-corrected chi connectivity index (χ1v) is 9.59. The van der Waals surface area contributed by atoms with Crippen molar-refractivity contribution in [2.24, 2.45) is 11.8 Å². The lowest BCUT2D eigenvalue weighted by Gasteiger charge is -2.29. The molecule has 28 heavy (non-hydrogen) atoms. The standard InChI is InChI=1S/C22H28F2N2.2ClH/c23-21-8-2-6-19(11-21)15-25-13-17-4-1-5-18(10-17)14-26-16-20-7-3-9-22(24)12-20;;/h2-3,6-9,11-12,17-18,25-26H,1,4-5,10,13-16H2;2*1H. The monoisotopic (exact) mass is 430 g/mol. The van der Waals surface area contributed by atoms with E-state index in [1.807, 2.05) is 12.1 Å². The summed E-state index contributed by atoms with van der Waals surface area (Å²) in [6.07, 6.45) is 5.00. The highest BCUT2D eigenvalue weighted by molar-refractivity contribution is 5.85. The molecule has 0 aliphatic heterocycles. The minimum absolute atomic E-state index is 0. The average molecular weight is 431 g/mol. The van der Waals surface area contributed by atoms with E-state index in [1.165, 1.54) is 37.8 Å². The Morgan fingerprint density at radius 1 is 0.750 bits per heavy atom. The lowest BCUT2D eigenvalue weighted by molar-refractivity contribution is 0.252. The molecule has 0 amide bonds. The van der Waals surface area contributed by atoms with Gasteiger partial charge >= 0.3 is 0 Å². The van der Waals surface area contributed by atoms with Gasteiger partial charge in [-0.3, -0.25) is 0 Å². The Hall–Kier alpha value is -1.20. The Kier molecular flexibility index (Phi) is 11.6. The van der Waals surface area contributed by atoms with E-state index in [9.17, 15) is 8.78 Å². The predicted octanol–water partition coefficient (Wildman–Crippen LogP) is 5.49. The van der Waals surface area contributed by atoms with Crippen molar-refractivity contribution in [1.29, 1.82) is 0 Å². The summed E-state index contributed by atoms with van der Waals surface area (Å²) < 4.78 is 26.4. The van der Waals surface area contributed by atoms with Crippen molar-refractivity contribution in [2.45, 2.75) is 38.8 Å². The Balaban J connectivity index is 0.00000196. The molecule has 0 saturated heterocycles. The molecule has 0 radical (unpaired) electrons. The van der Waals surface area contributed by atoms with Crippen LogP contribution in [-0.4, -0.2) is 13.1 Å². The summed E-state index contributed by atoms with van der Waals surface area (Å²) in [5.41, 5.74) is 1.99. The van der Waals surface area contributed by atoms with Crippen LogP contribution in [0.25, 0.3) is 0 Å². The van der Waals surface area contributed by atoms with Crippen LogP contribution < -0.4 is 10.6 Å². The second-order valence-corrected chi connectivity index (χ2v) is 7.42. The van der Waals surface area contributed by atoms with Crippen molar-refractivity contribution in [3.63, 3.8) is 0 Å². The first-order valence-electron chi connectivity index (χ1n) is 9.59. The van der Waals surface area contributed by atoms with E-state index in [0.717, 1.165) is 37.3 Å². The highest BCUT2D eigenvalue weighted by Crippen LogP contribution is 2.28. The van der Waals surface area contributed by atoms with Gasteiger partial charge in [-0.15, -0.1) is 24.8 Å². The van der Waals surface area contributed by atoms with E-state index >= 15 is 0 Å². The van der Waals surface area contributed by atoms with Crippen molar-refractivity contribution < 1.29 is 8.78 Å². The second kappa shape index (κ2) is 13.1. The van der Waals surface area contributed by atoms with Crippen LogP contribution in [-0.2, 0) is 13.1 Å². The molecular weight excluding hydrogens is 401 g/mol. The van der Waals surface area contributed by atoms with Crippen LogP contribution in [0.15, 0.2) is 48.5 Å². The molecule has 0 bridgehead atoms. The third kappa shape index (κ3) is 8.44. The summed E-state index contributed by atoms with van der Waals surface area (Å²) in [5.74, 6) is 1.01. The van der Waals surface area contributed by atoms with Crippen LogP contribution in [0.1, 0.15) is 36.8 Å². The maximum absolute atomic E-state index is 13.2. The highest BCUT2D eigenvalue weighted by Gasteiger charge is 2.21. The third-order valence-electron chi connectivity index (χ3n) is 5.19. The molecule has 2 unspecified atom stereocenters. The zero-order chi connectivity index (χ0) is 18.2. The van der Waals surface area contributed by atoms with Gasteiger partial charge in [0.25, 0.3) is 0 Å². The third-order valence-corrected chi connectivity index (χ3v) is 5.19. The average Bonchev–Trinajstić information content (AvgIpc) is 2.62. The molecule has 2 aromatic carbocycles. The van der Waals surface area contributed by atoms with Gasteiger partial charge in [-0.1, -0.05) is 30.7 Å². The van der Waals surface area contributed by atoms with Gasteiger partial charge < -0.3 is 10.6 Å². The number of halogens is 4. The smallest absolute Gasteiger partial charge is 0.123 e. The fourth-order valence-corrected chi connectivity index (χ4v) is 3.91. The van der Waals surface area contributed by atoms with E-state index in [1.54, 1.807) is 24.3 Å². The summed E-state index contributed by atoms with van der Waals surface area (Å²) >= 11 is 0. The summed E-state index contributed by atoms with van der Waals surface area (Å²) in [6.45, 7) is 3.40. The molecule has 0 heterocycles. The molecule has 2 atom stereocenters. The van der Waals surface area contributed by atoms with Gasteiger partial charge in [-0.25, -0.2) is 8.78 Å². The van der Waals surface area contributed by atoms with E-state index < -0.39 is 0 Å². The topological polar surface area (TPSA) is 24.1 Å². The molecule has 3 rings (SSSR count). The van der Waals surface area contributed by atoms with E-state index in [4.69, 9.17) is 0 Å². The van der Waals surface area contributed by atoms with Gasteiger partial charge in [0.2, 0.25) is 0 Å². The molecule has 6 heteroatoms. The molecule has 2 nitrogen and oxygen atoms in total. The predicted molar refractivity (Wildman–Crippen MR) is 116 cm³/mol. The molecule has 0 spiro atoms. The summed E-state index contributed by atoms with van der Waals surface area (Å²) in [7, 11) is 0. The van der Waals surface area contributed by atoms with Crippen LogP contribution in [0, 0.1) is 23.5 Å². The Bertz CT molecular complexity index is 642. The SMILES string of the molecule is Cl.Cl.Fc1cccc(CNCC2CCCC(CNCc3cccc(F)c3)C2)c1. The second-order valence-electron chi connectivity index (χ2n) is 7.42. The fourth-order valence-electron chi connectivity index (χ4n) is 3.91.